The highest BCUT2D eigenvalue weighted by Crippen LogP contribution is 2.27. The number of primary amides is 1. The normalized spacial score (nSPS) is 12.3. The molecule has 0 aromatic heterocycles. The van der Waals surface area contributed by atoms with Crippen molar-refractivity contribution in [1.82, 2.24) is 15.5 Å². The van der Waals surface area contributed by atoms with Crippen molar-refractivity contribution in [3.63, 3.8) is 0 Å². The van der Waals surface area contributed by atoms with Gasteiger partial charge in [-0.1, -0.05) is 63.1 Å². The van der Waals surface area contributed by atoms with Gasteiger partial charge in [0.2, 0.25) is 17.7 Å². The van der Waals surface area contributed by atoms with Crippen molar-refractivity contribution in [1.29, 1.82) is 0 Å². The molecule has 42 heavy (non-hydrogen) atoms. The number of ether oxygens (including phenoxy) is 2. The van der Waals surface area contributed by atoms with Crippen LogP contribution in [0.5, 0.6) is 0 Å². The van der Waals surface area contributed by atoms with Crippen LogP contribution < -0.4 is 16.4 Å². The van der Waals surface area contributed by atoms with Gasteiger partial charge in [-0.15, -0.1) is 6.42 Å². The van der Waals surface area contributed by atoms with Crippen LogP contribution in [0.25, 0.3) is 0 Å². The first-order valence-electron chi connectivity index (χ1n) is 14.3. The van der Waals surface area contributed by atoms with Crippen LogP contribution in [0.1, 0.15) is 96.2 Å². The Labute approximate surface area is 249 Å². The molecule has 232 valence electrons. The summed E-state index contributed by atoms with van der Waals surface area (Å²) in [4.78, 5) is 65.4. The van der Waals surface area contributed by atoms with E-state index < -0.39 is 54.0 Å². The van der Waals surface area contributed by atoms with E-state index in [1.54, 1.807) is 45.0 Å². The van der Waals surface area contributed by atoms with E-state index >= 15 is 0 Å². The molecule has 0 saturated heterocycles. The first kappa shape index (κ1) is 36.0. The number of rotatable bonds is 17. The van der Waals surface area contributed by atoms with Crippen molar-refractivity contribution in [3.05, 3.63) is 35.4 Å². The second-order valence-electron chi connectivity index (χ2n) is 10.9. The van der Waals surface area contributed by atoms with Gasteiger partial charge in [-0.25, -0.2) is 4.79 Å². The summed E-state index contributed by atoms with van der Waals surface area (Å²) in [6, 6.07) is 4.20. The van der Waals surface area contributed by atoms with Crippen molar-refractivity contribution in [2.24, 2.45) is 5.73 Å². The number of esters is 1. The van der Waals surface area contributed by atoms with Crippen LogP contribution in [0.4, 0.5) is 4.79 Å². The van der Waals surface area contributed by atoms with Gasteiger partial charge in [-0.05, 0) is 45.2 Å². The van der Waals surface area contributed by atoms with Gasteiger partial charge in [-0.3, -0.25) is 19.2 Å². The molecule has 11 nitrogen and oxygen atoms in total. The lowest BCUT2D eigenvalue weighted by Crippen LogP contribution is -2.53. The first-order valence-corrected chi connectivity index (χ1v) is 14.3. The van der Waals surface area contributed by atoms with Gasteiger partial charge in [0.05, 0.1) is 7.11 Å². The number of alkyl carbamates (subject to hydrolysis) is 1. The van der Waals surface area contributed by atoms with Crippen molar-refractivity contribution < 1.29 is 33.4 Å². The van der Waals surface area contributed by atoms with E-state index in [-0.39, 0.29) is 19.4 Å². The lowest BCUT2D eigenvalue weighted by atomic mass is 9.96. The van der Waals surface area contributed by atoms with E-state index in [9.17, 15) is 24.0 Å². The molecule has 1 rings (SSSR count). The molecule has 0 saturated carbocycles. The molecule has 0 aliphatic rings. The van der Waals surface area contributed by atoms with Gasteiger partial charge in [0.1, 0.15) is 24.2 Å². The number of terminal acetylenes is 1. The van der Waals surface area contributed by atoms with Crippen molar-refractivity contribution >= 4 is 29.8 Å². The van der Waals surface area contributed by atoms with E-state index in [0.29, 0.717) is 17.5 Å². The fraction of sp³-hybridized carbons (Fsp3) is 0.581. The van der Waals surface area contributed by atoms with Gasteiger partial charge in [-0.2, -0.15) is 0 Å². The Morgan fingerprint density at radius 3 is 2.29 bits per heavy atom. The van der Waals surface area contributed by atoms with Gasteiger partial charge < -0.3 is 30.7 Å². The Kier molecular flexibility index (Phi) is 15.7. The Bertz CT molecular complexity index is 1110. The molecule has 0 bridgehead atoms. The zero-order valence-corrected chi connectivity index (χ0v) is 25.5. The fourth-order valence-corrected chi connectivity index (χ4v) is 4.27. The third-order valence-electron chi connectivity index (χ3n) is 6.31. The highest BCUT2D eigenvalue weighted by atomic mass is 16.6. The smallest absolute Gasteiger partial charge is 0.408 e. The third-order valence-corrected chi connectivity index (χ3v) is 6.31. The third kappa shape index (κ3) is 13.1. The Hall–Kier alpha value is -4.07. The van der Waals surface area contributed by atoms with Gasteiger partial charge in [0, 0.05) is 18.5 Å². The Balaban J connectivity index is 3.57. The number of amides is 4. The molecular formula is C31H46N4O7. The minimum atomic E-state index is -1.25. The highest BCUT2D eigenvalue weighted by molar-refractivity contribution is 5.93. The van der Waals surface area contributed by atoms with E-state index in [0.717, 1.165) is 32.1 Å². The number of benzene rings is 1. The molecule has 0 aliphatic heterocycles. The topological polar surface area (TPSA) is 157 Å². The van der Waals surface area contributed by atoms with Crippen LogP contribution >= 0.6 is 0 Å². The summed E-state index contributed by atoms with van der Waals surface area (Å²) < 4.78 is 10.0. The number of carbonyl (C=O) groups is 5. The lowest BCUT2D eigenvalue weighted by molar-refractivity contribution is -0.145. The number of hydrogen-bond donors (Lipinski definition) is 3. The molecule has 1 aromatic carbocycles. The van der Waals surface area contributed by atoms with E-state index in [1.165, 1.54) is 12.0 Å². The summed E-state index contributed by atoms with van der Waals surface area (Å²) >= 11 is 0. The molecule has 11 heteroatoms. The fourth-order valence-electron chi connectivity index (χ4n) is 4.27. The maximum atomic E-state index is 14.2. The maximum Gasteiger partial charge on any atom is 0.408 e. The van der Waals surface area contributed by atoms with Gasteiger partial charge >= 0.3 is 12.1 Å². The molecule has 4 amide bonds. The number of nitrogens with zero attached hydrogens (tertiary/aromatic N) is 1. The lowest BCUT2D eigenvalue weighted by Gasteiger charge is -2.35. The quantitative estimate of drug-likeness (QED) is 0.144. The first-order chi connectivity index (χ1) is 19.8. The molecule has 4 N–H and O–H groups in total. The van der Waals surface area contributed by atoms with E-state index in [2.05, 4.69) is 28.2 Å². The standard InChI is InChI=1S/C31H46N4O7/c1-7-9-10-11-12-15-20-35(29(39)24(18-19-25(32)36)34-30(40)42-31(3,4)5)27(28(38)33-21-26(37)41-6)23-17-14-13-16-22(23)8-2/h2,13-14,16-17,24,27H,7,9-12,15,18-21H2,1,3-6H3,(H2,32,36)(H,33,38)(H,34,40). The van der Waals surface area contributed by atoms with E-state index in [4.69, 9.17) is 16.9 Å². The predicted molar refractivity (Wildman–Crippen MR) is 159 cm³/mol. The minimum absolute atomic E-state index is 0.117. The van der Waals surface area contributed by atoms with Gasteiger partial charge in [0.15, 0.2) is 0 Å². The zero-order chi connectivity index (χ0) is 31.7. The van der Waals surface area contributed by atoms with Gasteiger partial charge in [0.25, 0.3) is 0 Å². The number of unbranched alkanes of at least 4 members (excludes halogenated alkanes) is 5. The second-order valence-corrected chi connectivity index (χ2v) is 10.9. The van der Waals surface area contributed by atoms with Crippen LogP contribution in [-0.4, -0.2) is 66.5 Å². The van der Waals surface area contributed by atoms with Crippen molar-refractivity contribution in [2.45, 2.75) is 96.7 Å². The summed E-state index contributed by atoms with van der Waals surface area (Å²) in [6.45, 7) is 6.86. The zero-order valence-electron chi connectivity index (χ0n) is 25.5. The maximum absolute atomic E-state index is 14.2. The van der Waals surface area contributed by atoms with Crippen molar-refractivity contribution in [3.8, 4) is 12.3 Å². The second kappa shape index (κ2) is 18.4. The van der Waals surface area contributed by atoms with Crippen LogP contribution in [0.3, 0.4) is 0 Å². The number of nitrogens with one attached hydrogen (secondary N) is 2. The predicted octanol–water partition coefficient (Wildman–Crippen LogP) is 3.35. The number of methoxy groups -OCH3 is 1. The SMILES string of the molecule is C#Cc1ccccc1C(C(=O)NCC(=O)OC)N(CCCCCCCC)C(=O)C(CCC(N)=O)NC(=O)OC(C)(C)C. The number of carbonyl (C=O) groups excluding carboxylic acids is 5. The van der Waals surface area contributed by atoms with Crippen LogP contribution in [0.2, 0.25) is 0 Å². The van der Waals surface area contributed by atoms with Crippen LogP contribution in [-0.2, 0) is 28.7 Å². The van der Waals surface area contributed by atoms with E-state index in [1.807, 2.05) is 0 Å². The molecule has 0 fully saturated rings. The summed E-state index contributed by atoms with van der Waals surface area (Å²) in [7, 11) is 1.19. The molecule has 0 aliphatic carbocycles. The summed E-state index contributed by atoms with van der Waals surface area (Å²) in [6.07, 6.45) is 10.1. The Morgan fingerprint density at radius 1 is 1.05 bits per heavy atom. The molecule has 2 atom stereocenters. The number of nitrogens with two attached hydrogens (primary N) is 1. The number of hydrogen-bond acceptors (Lipinski definition) is 7. The van der Waals surface area contributed by atoms with Crippen molar-refractivity contribution in [2.75, 3.05) is 20.2 Å². The molecule has 0 heterocycles. The summed E-state index contributed by atoms with van der Waals surface area (Å²) in [5.41, 5.74) is 5.27. The molecule has 2 unspecified atom stereocenters. The summed E-state index contributed by atoms with van der Waals surface area (Å²) in [5.74, 6) is -0.0602. The van der Waals surface area contributed by atoms with Crippen LogP contribution in [0.15, 0.2) is 24.3 Å². The molecule has 1 aromatic rings. The highest BCUT2D eigenvalue weighted by Gasteiger charge is 2.37. The Morgan fingerprint density at radius 2 is 1.69 bits per heavy atom. The summed E-state index contributed by atoms with van der Waals surface area (Å²) in [5, 5.41) is 5.09. The average Bonchev–Trinajstić information content (AvgIpc) is 2.93. The monoisotopic (exact) mass is 586 g/mol. The molecule has 0 spiro atoms. The average molecular weight is 587 g/mol. The molecule has 0 radical (unpaired) electrons. The minimum Gasteiger partial charge on any atom is -0.468 e. The van der Waals surface area contributed by atoms with Crippen LogP contribution in [0, 0.1) is 12.3 Å². The largest absolute Gasteiger partial charge is 0.468 e. The molecular weight excluding hydrogens is 540 g/mol.